The minimum Gasteiger partial charge on any atom is -0.383 e. The van der Waals surface area contributed by atoms with Crippen LogP contribution in [-0.4, -0.2) is 45.0 Å². The fraction of sp³-hybridized carbons (Fsp3) is 0.900. The molecule has 0 bridgehead atoms. The molecule has 0 radical (unpaired) electrons. The van der Waals surface area contributed by atoms with E-state index < -0.39 is 0 Å². The van der Waals surface area contributed by atoms with Crippen molar-refractivity contribution in [3.63, 3.8) is 0 Å². The maximum Gasteiger partial charge on any atom is 0.205 e. The number of nitrogens with two attached hydrogens (primary N) is 1. The number of guanidine groups is 1. The minimum absolute atomic E-state index is 0.134. The summed E-state index contributed by atoms with van der Waals surface area (Å²) in [4.78, 5) is 4.36. The molecule has 1 fully saturated rings. The predicted octanol–water partition coefficient (Wildman–Crippen LogP) is -0.389. The molecule has 6 nitrogen and oxygen atoms in total. The number of hydrogen-bond acceptors (Lipinski definition) is 4. The SMILES string of the molecule is COCCNC(=NCC1(C)CCCO1)NN. The van der Waals surface area contributed by atoms with Gasteiger partial charge in [-0.3, -0.25) is 5.43 Å². The van der Waals surface area contributed by atoms with Gasteiger partial charge in [0.15, 0.2) is 0 Å². The van der Waals surface area contributed by atoms with Crippen LogP contribution in [0.25, 0.3) is 0 Å². The van der Waals surface area contributed by atoms with Crippen molar-refractivity contribution in [3.05, 3.63) is 0 Å². The Morgan fingerprint density at radius 1 is 1.62 bits per heavy atom. The standard InChI is InChI=1S/C10H22N4O2/c1-10(4-3-6-16-10)8-13-9(14-11)12-5-7-15-2/h3-8,11H2,1-2H3,(H2,12,13,14). The second-order valence-corrected chi connectivity index (χ2v) is 4.13. The van der Waals surface area contributed by atoms with Gasteiger partial charge in [0.1, 0.15) is 0 Å². The number of nitrogens with one attached hydrogen (secondary N) is 2. The first kappa shape index (κ1) is 13.2. The van der Waals surface area contributed by atoms with Gasteiger partial charge in [0.05, 0.1) is 18.8 Å². The summed E-state index contributed by atoms with van der Waals surface area (Å²) < 4.78 is 10.6. The molecule has 0 spiro atoms. The summed E-state index contributed by atoms with van der Waals surface area (Å²) in [5.74, 6) is 5.94. The zero-order valence-electron chi connectivity index (χ0n) is 10.1. The highest BCUT2D eigenvalue weighted by Crippen LogP contribution is 2.24. The van der Waals surface area contributed by atoms with Crippen molar-refractivity contribution in [2.45, 2.75) is 25.4 Å². The monoisotopic (exact) mass is 230 g/mol. The van der Waals surface area contributed by atoms with Gasteiger partial charge in [0.2, 0.25) is 5.96 Å². The number of rotatable bonds is 5. The van der Waals surface area contributed by atoms with Crippen LogP contribution in [0.2, 0.25) is 0 Å². The lowest BCUT2D eigenvalue weighted by molar-refractivity contribution is 0.0283. The van der Waals surface area contributed by atoms with E-state index >= 15 is 0 Å². The van der Waals surface area contributed by atoms with Crippen molar-refractivity contribution >= 4 is 5.96 Å². The number of hydrogen-bond donors (Lipinski definition) is 3. The zero-order chi connectivity index (χ0) is 11.9. The summed E-state index contributed by atoms with van der Waals surface area (Å²) in [6.45, 7) is 4.82. The Labute approximate surface area is 96.6 Å². The van der Waals surface area contributed by atoms with Gasteiger partial charge in [-0.2, -0.15) is 0 Å². The molecule has 0 aromatic heterocycles. The molecule has 1 aliphatic heterocycles. The predicted molar refractivity (Wildman–Crippen MR) is 63.1 cm³/mol. The molecule has 0 amide bonds. The first-order valence-corrected chi connectivity index (χ1v) is 5.58. The molecule has 16 heavy (non-hydrogen) atoms. The van der Waals surface area contributed by atoms with E-state index in [1.54, 1.807) is 7.11 Å². The van der Waals surface area contributed by atoms with Crippen LogP contribution in [0.1, 0.15) is 19.8 Å². The maximum absolute atomic E-state index is 5.63. The van der Waals surface area contributed by atoms with Crippen LogP contribution in [0.5, 0.6) is 0 Å². The molecule has 0 aromatic carbocycles. The normalized spacial score (nSPS) is 25.8. The van der Waals surface area contributed by atoms with Gasteiger partial charge in [-0.05, 0) is 19.8 Å². The van der Waals surface area contributed by atoms with Gasteiger partial charge < -0.3 is 14.8 Å². The average molecular weight is 230 g/mol. The molecule has 0 aliphatic carbocycles. The molecule has 0 aromatic rings. The molecule has 1 saturated heterocycles. The number of hydrazine groups is 1. The van der Waals surface area contributed by atoms with Gasteiger partial charge in [-0.15, -0.1) is 0 Å². The van der Waals surface area contributed by atoms with E-state index in [2.05, 4.69) is 22.7 Å². The van der Waals surface area contributed by atoms with Crippen LogP contribution >= 0.6 is 0 Å². The van der Waals surface area contributed by atoms with E-state index in [1.807, 2.05) is 0 Å². The number of nitrogens with zero attached hydrogens (tertiary/aromatic N) is 1. The van der Waals surface area contributed by atoms with Gasteiger partial charge in [-0.1, -0.05) is 0 Å². The van der Waals surface area contributed by atoms with Crippen LogP contribution in [0.4, 0.5) is 0 Å². The fourth-order valence-corrected chi connectivity index (χ4v) is 1.63. The topological polar surface area (TPSA) is 80.9 Å². The second kappa shape index (κ2) is 6.67. The first-order valence-electron chi connectivity index (χ1n) is 5.58. The Balaban J connectivity index is 2.33. The van der Waals surface area contributed by atoms with Crippen LogP contribution in [0.15, 0.2) is 4.99 Å². The molecular formula is C10H22N4O2. The maximum atomic E-state index is 5.63. The van der Waals surface area contributed by atoms with Crippen LogP contribution < -0.4 is 16.6 Å². The summed E-state index contributed by atoms with van der Waals surface area (Å²) in [5, 5.41) is 3.04. The van der Waals surface area contributed by atoms with E-state index in [0.29, 0.717) is 25.7 Å². The van der Waals surface area contributed by atoms with Gasteiger partial charge in [0.25, 0.3) is 0 Å². The fourth-order valence-electron chi connectivity index (χ4n) is 1.63. The van der Waals surface area contributed by atoms with Gasteiger partial charge in [0, 0.05) is 20.3 Å². The highest BCUT2D eigenvalue weighted by atomic mass is 16.5. The third-order valence-electron chi connectivity index (χ3n) is 2.61. The smallest absolute Gasteiger partial charge is 0.205 e. The van der Waals surface area contributed by atoms with E-state index in [0.717, 1.165) is 19.4 Å². The van der Waals surface area contributed by atoms with E-state index in [1.165, 1.54) is 0 Å². The Morgan fingerprint density at radius 2 is 2.44 bits per heavy atom. The molecular weight excluding hydrogens is 208 g/mol. The number of ether oxygens (including phenoxy) is 2. The Hall–Kier alpha value is -0.850. The summed E-state index contributed by atoms with van der Waals surface area (Å²) in [6.07, 6.45) is 2.15. The van der Waals surface area contributed by atoms with Gasteiger partial charge >= 0.3 is 0 Å². The molecule has 1 aliphatic rings. The highest BCUT2D eigenvalue weighted by Gasteiger charge is 2.29. The lowest BCUT2D eigenvalue weighted by Gasteiger charge is -2.21. The molecule has 1 heterocycles. The molecule has 6 heteroatoms. The van der Waals surface area contributed by atoms with Crippen LogP contribution in [0, 0.1) is 0 Å². The van der Waals surface area contributed by atoms with Crippen molar-refractivity contribution < 1.29 is 9.47 Å². The minimum atomic E-state index is -0.134. The third kappa shape index (κ3) is 4.34. The largest absolute Gasteiger partial charge is 0.383 e. The Morgan fingerprint density at radius 3 is 3.00 bits per heavy atom. The summed E-state index contributed by atoms with van der Waals surface area (Å²) in [6, 6.07) is 0. The van der Waals surface area contributed by atoms with Crippen molar-refractivity contribution in [2.75, 3.05) is 33.4 Å². The van der Waals surface area contributed by atoms with E-state index in [9.17, 15) is 0 Å². The number of methoxy groups -OCH3 is 1. The summed E-state index contributed by atoms with van der Waals surface area (Å²) >= 11 is 0. The second-order valence-electron chi connectivity index (χ2n) is 4.13. The van der Waals surface area contributed by atoms with Crippen molar-refractivity contribution in [1.82, 2.24) is 10.7 Å². The number of aliphatic imine (C=N–C) groups is 1. The first-order chi connectivity index (χ1) is 7.70. The Bertz CT molecular complexity index is 227. The lowest BCUT2D eigenvalue weighted by atomic mass is 10.0. The van der Waals surface area contributed by atoms with Crippen LogP contribution in [-0.2, 0) is 9.47 Å². The zero-order valence-corrected chi connectivity index (χ0v) is 10.1. The van der Waals surface area contributed by atoms with E-state index in [-0.39, 0.29) is 5.60 Å². The Kier molecular flexibility index (Phi) is 5.51. The summed E-state index contributed by atoms with van der Waals surface area (Å²) in [7, 11) is 1.65. The average Bonchev–Trinajstić information content (AvgIpc) is 2.71. The molecule has 1 atom stereocenters. The molecule has 1 unspecified atom stereocenters. The summed E-state index contributed by atoms with van der Waals surface area (Å²) in [5.41, 5.74) is 2.40. The molecule has 4 N–H and O–H groups in total. The highest BCUT2D eigenvalue weighted by molar-refractivity contribution is 5.79. The molecule has 94 valence electrons. The third-order valence-corrected chi connectivity index (χ3v) is 2.61. The van der Waals surface area contributed by atoms with Gasteiger partial charge in [-0.25, -0.2) is 10.8 Å². The van der Waals surface area contributed by atoms with Crippen LogP contribution in [0.3, 0.4) is 0 Å². The van der Waals surface area contributed by atoms with Crippen molar-refractivity contribution in [1.29, 1.82) is 0 Å². The molecule has 0 saturated carbocycles. The van der Waals surface area contributed by atoms with Crippen molar-refractivity contribution in [3.8, 4) is 0 Å². The molecule has 1 rings (SSSR count). The van der Waals surface area contributed by atoms with E-state index in [4.69, 9.17) is 15.3 Å². The van der Waals surface area contributed by atoms with Crippen molar-refractivity contribution in [2.24, 2.45) is 10.8 Å². The lowest BCUT2D eigenvalue weighted by Crippen LogP contribution is -2.44. The quantitative estimate of drug-likeness (QED) is 0.197.